The van der Waals surface area contributed by atoms with Gasteiger partial charge >= 0.3 is 0 Å². The molecule has 0 N–H and O–H groups in total. The Morgan fingerprint density at radius 1 is 1.31 bits per heavy atom. The monoisotopic (exact) mass is 194 g/mol. The van der Waals surface area contributed by atoms with Crippen molar-refractivity contribution in [1.29, 1.82) is 0 Å². The van der Waals surface area contributed by atoms with Gasteiger partial charge < -0.3 is 4.90 Å². The molecule has 1 nitrogen and oxygen atoms in total. The van der Waals surface area contributed by atoms with Gasteiger partial charge in [-0.05, 0) is 37.5 Å². The van der Waals surface area contributed by atoms with Crippen molar-refractivity contribution in [3.8, 4) is 0 Å². The summed E-state index contributed by atoms with van der Waals surface area (Å²) in [5.74, 6) is 0. The van der Waals surface area contributed by atoms with Crippen LogP contribution < -0.4 is 4.90 Å². The van der Waals surface area contributed by atoms with Gasteiger partial charge in [-0.1, -0.05) is 17.7 Å². The van der Waals surface area contributed by atoms with Crippen LogP contribution in [0, 0.1) is 6.42 Å². The minimum atomic E-state index is 0.822. The molecule has 0 amide bonds. The summed E-state index contributed by atoms with van der Waals surface area (Å²) >= 11 is 5.93. The van der Waals surface area contributed by atoms with E-state index in [-0.39, 0.29) is 0 Å². The normalized spacial score (nSPS) is 17.5. The lowest BCUT2D eigenvalue weighted by Gasteiger charge is -2.28. The van der Waals surface area contributed by atoms with Gasteiger partial charge in [0, 0.05) is 23.8 Å². The van der Waals surface area contributed by atoms with Crippen molar-refractivity contribution in [3.63, 3.8) is 0 Å². The van der Waals surface area contributed by atoms with E-state index in [1.54, 1.807) is 0 Å². The molecule has 1 aromatic carbocycles. The van der Waals surface area contributed by atoms with E-state index in [4.69, 9.17) is 11.6 Å². The van der Waals surface area contributed by atoms with E-state index in [0.717, 1.165) is 18.1 Å². The van der Waals surface area contributed by atoms with Crippen molar-refractivity contribution in [2.24, 2.45) is 0 Å². The molecular weight excluding hydrogens is 182 g/mol. The fourth-order valence-electron chi connectivity index (χ4n) is 1.67. The predicted octanol–water partition coefficient (Wildman–Crippen LogP) is 3.14. The van der Waals surface area contributed by atoms with Crippen LogP contribution in [0.4, 0.5) is 5.69 Å². The Morgan fingerprint density at radius 3 is 2.92 bits per heavy atom. The minimum absolute atomic E-state index is 0.822. The maximum Gasteiger partial charge on any atom is 0.0426 e. The molecule has 1 aliphatic rings. The molecule has 1 aromatic rings. The molecule has 1 aliphatic heterocycles. The topological polar surface area (TPSA) is 3.24 Å². The first kappa shape index (κ1) is 8.89. The molecule has 13 heavy (non-hydrogen) atoms. The van der Waals surface area contributed by atoms with E-state index in [9.17, 15) is 0 Å². The van der Waals surface area contributed by atoms with Crippen LogP contribution in [-0.2, 0) is 0 Å². The summed E-state index contributed by atoms with van der Waals surface area (Å²) in [5.41, 5.74) is 1.24. The molecule has 1 fully saturated rings. The third-order valence-corrected chi connectivity index (χ3v) is 2.59. The lowest BCUT2D eigenvalue weighted by molar-refractivity contribution is 0.671. The van der Waals surface area contributed by atoms with Crippen LogP contribution in [0.5, 0.6) is 0 Å². The SMILES string of the molecule is Clc1cccc(N2C[CH]CCC2)c1. The molecule has 0 unspecified atom stereocenters. The third kappa shape index (κ3) is 2.16. The molecule has 69 valence electrons. The molecule has 0 atom stereocenters. The van der Waals surface area contributed by atoms with Crippen LogP contribution in [0.15, 0.2) is 24.3 Å². The highest BCUT2D eigenvalue weighted by Gasteiger charge is 2.10. The highest BCUT2D eigenvalue weighted by molar-refractivity contribution is 6.30. The third-order valence-electron chi connectivity index (χ3n) is 2.36. The van der Waals surface area contributed by atoms with Gasteiger partial charge in [0.15, 0.2) is 0 Å². The van der Waals surface area contributed by atoms with Gasteiger partial charge in [0.05, 0.1) is 0 Å². The van der Waals surface area contributed by atoms with E-state index >= 15 is 0 Å². The van der Waals surface area contributed by atoms with Crippen LogP contribution in [0.1, 0.15) is 12.8 Å². The van der Waals surface area contributed by atoms with Crippen LogP contribution in [0.2, 0.25) is 5.02 Å². The Kier molecular flexibility index (Phi) is 2.74. The van der Waals surface area contributed by atoms with Gasteiger partial charge in [-0.15, -0.1) is 0 Å². The van der Waals surface area contributed by atoms with E-state index < -0.39 is 0 Å². The second-order valence-corrected chi connectivity index (χ2v) is 3.79. The number of rotatable bonds is 1. The first-order chi connectivity index (χ1) is 6.36. The maximum absolute atomic E-state index is 5.93. The molecule has 0 aromatic heterocycles. The van der Waals surface area contributed by atoms with Crippen LogP contribution in [-0.4, -0.2) is 13.1 Å². The summed E-state index contributed by atoms with van der Waals surface area (Å²) in [7, 11) is 0. The molecule has 0 spiro atoms. The molecule has 2 heteroatoms. The quantitative estimate of drug-likeness (QED) is 0.664. The van der Waals surface area contributed by atoms with Crippen LogP contribution >= 0.6 is 11.6 Å². The van der Waals surface area contributed by atoms with E-state index in [1.165, 1.54) is 18.5 Å². The van der Waals surface area contributed by atoms with Gasteiger partial charge in [-0.2, -0.15) is 0 Å². The van der Waals surface area contributed by atoms with Gasteiger partial charge in [0.25, 0.3) is 0 Å². The van der Waals surface area contributed by atoms with Crippen molar-refractivity contribution in [2.75, 3.05) is 18.0 Å². The van der Waals surface area contributed by atoms with E-state index in [0.29, 0.717) is 0 Å². The summed E-state index contributed by atoms with van der Waals surface area (Å²) in [6.07, 6.45) is 4.83. The second kappa shape index (κ2) is 4.01. The van der Waals surface area contributed by atoms with Crippen LogP contribution in [0.3, 0.4) is 0 Å². The average molecular weight is 195 g/mol. The van der Waals surface area contributed by atoms with Gasteiger partial charge in [0.1, 0.15) is 0 Å². The number of halogens is 1. The van der Waals surface area contributed by atoms with Crippen molar-refractivity contribution in [1.82, 2.24) is 0 Å². The Balaban J connectivity index is 2.14. The predicted molar refractivity (Wildman–Crippen MR) is 57.2 cm³/mol. The summed E-state index contributed by atoms with van der Waals surface area (Å²) in [5, 5.41) is 0.822. The lowest BCUT2D eigenvalue weighted by atomic mass is 10.1. The Hall–Kier alpha value is -0.690. The molecule has 1 saturated heterocycles. The summed E-state index contributed by atoms with van der Waals surface area (Å²) in [6, 6.07) is 8.07. The fourth-order valence-corrected chi connectivity index (χ4v) is 1.86. The first-order valence-corrected chi connectivity index (χ1v) is 5.06. The zero-order valence-corrected chi connectivity index (χ0v) is 8.30. The molecule has 1 heterocycles. The number of nitrogens with zero attached hydrogens (tertiary/aromatic N) is 1. The standard InChI is InChI=1S/C11H13ClN/c12-10-5-4-6-11(9-10)13-7-2-1-3-8-13/h2,4-6,9H,1,3,7-8H2. The van der Waals surface area contributed by atoms with E-state index in [1.807, 2.05) is 18.2 Å². The Bertz CT molecular complexity index is 279. The maximum atomic E-state index is 5.93. The van der Waals surface area contributed by atoms with Gasteiger partial charge in [-0.25, -0.2) is 0 Å². The van der Waals surface area contributed by atoms with Crippen molar-refractivity contribution in [3.05, 3.63) is 35.7 Å². The summed E-state index contributed by atoms with van der Waals surface area (Å²) in [6.45, 7) is 2.21. The highest BCUT2D eigenvalue weighted by atomic mass is 35.5. The number of piperidine rings is 1. The molecule has 2 rings (SSSR count). The zero-order valence-electron chi connectivity index (χ0n) is 7.54. The summed E-state index contributed by atoms with van der Waals surface area (Å²) < 4.78 is 0. The minimum Gasteiger partial charge on any atom is -0.371 e. The Morgan fingerprint density at radius 2 is 2.23 bits per heavy atom. The molecular formula is C11H13ClN. The van der Waals surface area contributed by atoms with Crippen molar-refractivity contribution < 1.29 is 0 Å². The van der Waals surface area contributed by atoms with Crippen molar-refractivity contribution >= 4 is 17.3 Å². The highest BCUT2D eigenvalue weighted by Crippen LogP contribution is 2.22. The van der Waals surface area contributed by atoms with Gasteiger partial charge in [0.2, 0.25) is 0 Å². The number of anilines is 1. The second-order valence-electron chi connectivity index (χ2n) is 3.36. The first-order valence-electron chi connectivity index (χ1n) is 4.68. The molecule has 0 saturated carbocycles. The number of benzene rings is 1. The largest absolute Gasteiger partial charge is 0.371 e. The van der Waals surface area contributed by atoms with Crippen LogP contribution in [0.25, 0.3) is 0 Å². The number of hydrogen-bond acceptors (Lipinski definition) is 1. The molecule has 0 aliphatic carbocycles. The Labute approximate surface area is 84.3 Å². The molecule has 0 bridgehead atoms. The molecule has 1 radical (unpaired) electrons. The smallest absolute Gasteiger partial charge is 0.0426 e. The summed E-state index contributed by atoms with van der Waals surface area (Å²) in [4.78, 5) is 2.36. The average Bonchev–Trinajstić information content (AvgIpc) is 2.19. The lowest BCUT2D eigenvalue weighted by Crippen LogP contribution is -2.29. The number of hydrogen-bond donors (Lipinski definition) is 0. The zero-order chi connectivity index (χ0) is 9.10. The van der Waals surface area contributed by atoms with Gasteiger partial charge in [-0.3, -0.25) is 0 Å². The van der Waals surface area contributed by atoms with Crippen molar-refractivity contribution in [2.45, 2.75) is 12.8 Å². The van der Waals surface area contributed by atoms with E-state index in [2.05, 4.69) is 17.4 Å². The fraction of sp³-hybridized carbons (Fsp3) is 0.364.